The third-order valence-electron chi connectivity index (χ3n) is 1.86. The van der Waals surface area contributed by atoms with Gasteiger partial charge in [-0.2, -0.15) is 4.68 Å². The Morgan fingerprint density at radius 1 is 1.47 bits per heavy atom. The topological polar surface area (TPSA) is 72.7 Å². The molecule has 1 amide bonds. The zero-order chi connectivity index (χ0) is 11.5. The summed E-state index contributed by atoms with van der Waals surface area (Å²) in [5.74, 6) is -0.125. The number of thiol groups is 1. The molecule has 0 spiro atoms. The van der Waals surface area contributed by atoms with Gasteiger partial charge in [-0.1, -0.05) is 6.07 Å². The second-order valence-corrected chi connectivity index (χ2v) is 3.52. The van der Waals surface area contributed by atoms with Crippen LogP contribution in [0.25, 0.3) is 5.69 Å². The van der Waals surface area contributed by atoms with Gasteiger partial charge in [-0.15, -0.1) is 17.7 Å². The Kier molecular flexibility index (Phi) is 5.13. The van der Waals surface area contributed by atoms with Gasteiger partial charge < -0.3 is 5.32 Å². The van der Waals surface area contributed by atoms with E-state index in [1.807, 2.05) is 6.07 Å². The van der Waals surface area contributed by atoms with Crippen molar-refractivity contribution >= 4 is 53.8 Å². The van der Waals surface area contributed by atoms with Crippen molar-refractivity contribution < 1.29 is 4.79 Å². The number of nitrogens with zero attached hydrogens (tertiary/aromatic N) is 4. The van der Waals surface area contributed by atoms with E-state index in [9.17, 15) is 4.79 Å². The Bertz CT molecular complexity index is 530. The molecule has 0 aliphatic rings. The number of rotatable bonds is 2. The summed E-state index contributed by atoms with van der Waals surface area (Å²) in [5, 5.41) is 14.0. The molecule has 84 valence electrons. The zero-order valence-electron chi connectivity index (χ0n) is 8.45. The quantitative estimate of drug-likeness (QED) is 0.599. The number of carbonyl (C=O) groups is 1. The van der Waals surface area contributed by atoms with Crippen LogP contribution >= 0.6 is 12.6 Å². The summed E-state index contributed by atoms with van der Waals surface area (Å²) in [7, 11) is 0. The fourth-order valence-electron chi connectivity index (χ4n) is 1.27. The molecule has 17 heavy (non-hydrogen) atoms. The van der Waals surface area contributed by atoms with Gasteiger partial charge in [0.1, 0.15) is 0 Å². The number of hydrogen-bond acceptors (Lipinski definition) is 5. The second kappa shape index (κ2) is 6.15. The fraction of sp³-hybridized carbons (Fsp3) is 0.111. The van der Waals surface area contributed by atoms with Gasteiger partial charge in [-0.3, -0.25) is 4.79 Å². The molecule has 0 saturated carbocycles. The molecule has 0 saturated heterocycles. The molecule has 2 aromatic rings. The summed E-state index contributed by atoms with van der Waals surface area (Å²) in [5.41, 5.74) is 1.43. The van der Waals surface area contributed by atoms with Crippen molar-refractivity contribution in [2.45, 2.75) is 12.1 Å². The number of carbonyl (C=O) groups excluding carboxylic acids is 1. The summed E-state index contributed by atoms with van der Waals surface area (Å²) in [4.78, 5) is 10.9. The predicted octanol–water partition coefficient (Wildman–Crippen LogP) is 0.261. The average molecular weight is 259 g/mol. The first-order valence-electron chi connectivity index (χ1n) is 4.52. The Balaban J connectivity index is 0.00000144. The Labute approximate surface area is 125 Å². The van der Waals surface area contributed by atoms with E-state index in [0.717, 1.165) is 5.69 Å². The molecule has 1 aromatic heterocycles. The Morgan fingerprint density at radius 3 is 2.82 bits per heavy atom. The molecule has 1 heterocycles. The van der Waals surface area contributed by atoms with Crippen molar-refractivity contribution in [3.05, 3.63) is 24.3 Å². The number of benzene rings is 1. The van der Waals surface area contributed by atoms with Gasteiger partial charge in [-0.25, -0.2) is 0 Å². The van der Waals surface area contributed by atoms with E-state index in [2.05, 4.69) is 33.5 Å². The molecule has 6 nitrogen and oxygen atoms in total. The van der Waals surface area contributed by atoms with Crippen molar-refractivity contribution in [2.75, 3.05) is 5.32 Å². The molecule has 1 aromatic carbocycles. The maximum atomic E-state index is 10.9. The molecule has 8 heteroatoms. The number of hydrogen-bond donors (Lipinski definition) is 2. The monoisotopic (exact) mass is 259 g/mol. The van der Waals surface area contributed by atoms with Crippen molar-refractivity contribution in [2.24, 2.45) is 0 Å². The summed E-state index contributed by atoms with van der Waals surface area (Å²) in [6.45, 7) is 1.45. The van der Waals surface area contributed by atoms with E-state index in [4.69, 9.17) is 0 Å². The number of aromatic nitrogens is 4. The van der Waals surface area contributed by atoms with E-state index in [1.54, 1.807) is 18.2 Å². The standard InChI is InChI=1S/C9H9N5OS.Na.H/c1-6(15)10-7-3-2-4-8(5-7)14-9(16)11-12-13-14;;/h2-5H,1H3,(H,10,15)(H,11,13,16);;. The van der Waals surface area contributed by atoms with Crippen molar-refractivity contribution in [3.8, 4) is 5.69 Å². The van der Waals surface area contributed by atoms with Crippen molar-refractivity contribution in [3.63, 3.8) is 0 Å². The average Bonchev–Trinajstić information content (AvgIpc) is 2.64. The fourth-order valence-corrected chi connectivity index (χ4v) is 1.46. The predicted molar refractivity (Wildman–Crippen MR) is 67.9 cm³/mol. The molecular weight excluding hydrogens is 249 g/mol. The van der Waals surface area contributed by atoms with Gasteiger partial charge in [0.05, 0.1) is 5.69 Å². The van der Waals surface area contributed by atoms with Crippen LogP contribution in [0.2, 0.25) is 0 Å². The number of nitrogens with one attached hydrogen (secondary N) is 1. The summed E-state index contributed by atoms with van der Waals surface area (Å²) < 4.78 is 1.47. The zero-order valence-corrected chi connectivity index (χ0v) is 9.35. The van der Waals surface area contributed by atoms with Gasteiger partial charge >= 0.3 is 29.6 Å². The molecule has 0 aliphatic carbocycles. The summed E-state index contributed by atoms with van der Waals surface area (Å²) in [6.07, 6.45) is 0. The molecule has 0 fully saturated rings. The van der Waals surface area contributed by atoms with E-state index in [-0.39, 0.29) is 35.5 Å². The van der Waals surface area contributed by atoms with Crippen LogP contribution in [0.15, 0.2) is 29.4 Å². The van der Waals surface area contributed by atoms with Crippen LogP contribution in [-0.4, -0.2) is 55.7 Å². The van der Waals surface area contributed by atoms with Crippen LogP contribution in [0, 0.1) is 0 Å². The van der Waals surface area contributed by atoms with Crippen LogP contribution in [0.1, 0.15) is 6.92 Å². The molecule has 2 rings (SSSR count). The first-order valence-corrected chi connectivity index (χ1v) is 4.97. The van der Waals surface area contributed by atoms with Crippen LogP contribution in [0.5, 0.6) is 0 Å². The third kappa shape index (κ3) is 3.53. The minimum absolute atomic E-state index is 0. The van der Waals surface area contributed by atoms with Crippen LogP contribution in [-0.2, 0) is 4.79 Å². The Hall–Kier alpha value is -0.890. The van der Waals surface area contributed by atoms with E-state index in [1.165, 1.54) is 11.6 Å². The van der Waals surface area contributed by atoms with E-state index in [0.29, 0.717) is 10.8 Å². The molecule has 0 aliphatic heterocycles. The normalized spacial score (nSPS) is 9.53. The summed E-state index contributed by atoms with van der Waals surface area (Å²) in [6, 6.07) is 7.17. The molecule has 0 radical (unpaired) electrons. The van der Waals surface area contributed by atoms with Gasteiger partial charge in [-0.05, 0) is 28.6 Å². The van der Waals surface area contributed by atoms with Crippen LogP contribution in [0.4, 0.5) is 5.69 Å². The van der Waals surface area contributed by atoms with Gasteiger partial charge in [0.15, 0.2) is 0 Å². The third-order valence-corrected chi connectivity index (χ3v) is 2.14. The SMILES string of the molecule is CC(=O)Nc1cccc(-n2nnnc2S)c1.[NaH]. The van der Waals surface area contributed by atoms with Gasteiger partial charge in [0, 0.05) is 12.6 Å². The van der Waals surface area contributed by atoms with E-state index < -0.39 is 0 Å². The maximum absolute atomic E-state index is 10.9. The summed E-state index contributed by atoms with van der Waals surface area (Å²) >= 11 is 4.10. The second-order valence-electron chi connectivity index (χ2n) is 3.12. The molecule has 0 unspecified atom stereocenters. The number of tetrazole rings is 1. The minimum atomic E-state index is -0.125. The molecule has 0 bridgehead atoms. The number of anilines is 1. The molecule has 1 N–H and O–H groups in total. The van der Waals surface area contributed by atoms with Crippen LogP contribution < -0.4 is 5.32 Å². The van der Waals surface area contributed by atoms with Crippen molar-refractivity contribution in [1.82, 2.24) is 20.2 Å². The molecular formula is C9H10N5NaOS. The van der Waals surface area contributed by atoms with Gasteiger partial charge in [0.2, 0.25) is 11.1 Å². The number of amides is 1. The van der Waals surface area contributed by atoms with Crippen molar-refractivity contribution in [1.29, 1.82) is 0 Å². The van der Waals surface area contributed by atoms with Crippen LogP contribution in [0.3, 0.4) is 0 Å². The van der Waals surface area contributed by atoms with E-state index >= 15 is 0 Å². The molecule has 0 atom stereocenters. The first kappa shape index (κ1) is 14.2. The van der Waals surface area contributed by atoms with Gasteiger partial charge in [0.25, 0.3) is 0 Å². The Morgan fingerprint density at radius 2 is 2.24 bits per heavy atom. The first-order chi connectivity index (χ1) is 7.66.